The number of nitrogens with two attached hydrogens (primary N) is 1. The number of unbranched alkanes of at least 4 members (excludes halogenated alkanes) is 1. The number of aromatic nitrogens is 2. The molecule has 0 radical (unpaired) electrons. The molecule has 3 rings (SSSR count). The van der Waals surface area contributed by atoms with E-state index in [0.717, 1.165) is 73.7 Å². The molecule has 0 spiro atoms. The van der Waals surface area contributed by atoms with Crippen molar-refractivity contribution in [3.8, 4) is 5.75 Å². The van der Waals surface area contributed by atoms with Crippen molar-refractivity contribution in [2.75, 3.05) is 30.4 Å². The molecule has 3 N–H and O–H groups in total. The van der Waals surface area contributed by atoms with Crippen LogP contribution >= 0.6 is 0 Å². The highest BCUT2D eigenvalue weighted by molar-refractivity contribution is 5.59. The Morgan fingerprint density at radius 2 is 2.15 bits per heavy atom. The Morgan fingerprint density at radius 3 is 2.89 bits per heavy atom. The van der Waals surface area contributed by atoms with Gasteiger partial charge >= 0.3 is 0 Å². The molecule has 0 bridgehead atoms. The van der Waals surface area contributed by atoms with E-state index < -0.39 is 0 Å². The number of hydrogen-bond donors (Lipinski definition) is 2. The third kappa shape index (κ3) is 5.10. The molecule has 1 aromatic carbocycles. The number of hydrogen-bond acceptors (Lipinski definition) is 6. The van der Waals surface area contributed by atoms with Gasteiger partial charge in [-0.25, -0.2) is 4.98 Å². The van der Waals surface area contributed by atoms with E-state index in [1.54, 1.807) is 7.11 Å². The van der Waals surface area contributed by atoms with Crippen LogP contribution in [0.1, 0.15) is 43.9 Å². The van der Waals surface area contributed by atoms with Gasteiger partial charge in [-0.1, -0.05) is 19.4 Å². The number of ether oxygens (including phenoxy) is 1. The van der Waals surface area contributed by atoms with Crippen molar-refractivity contribution in [3.63, 3.8) is 0 Å². The third-order valence-electron chi connectivity index (χ3n) is 5.00. The number of aryl methyl sites for hydroxylation is 2. The fourth-order valence-electron chi connectivity index (χ4n) is 3.43. The van der Waals surface area contributed by atoms with E-state index in [9.17, 15) is 0 Å². The summed E-state index contributed by atoms with van der Waals surface area (Å²) in [7, 11) is 1.69. The van der Waals surface area contributed by atoms with Gasteiger partial charge in [-0.05, 0) is 44.2 Å². The lowest BCUT2D eigenvalue weighted by atomic mass is 10.1. The maximum Gasteiger partial charge on any atom is 0.229 e. The molecule has 27 heavy (non-hydrogen) atoms. The minimum Gasteiger partial charge on any atom is -0.496 e. The van der Waals surface area contributed by atoms with E-state index in [2.05, 4.69) is 23.2 Å². The molecule has 0 amide bonds. The van der Waals surface area contributed by atoms with Crippen molar-refractivity contribution in [2.45, 2.75) is 52.0 Å². The average Bonchev–Trinajstić information content (AvgIpc) is 2.67. The first-order valence-corrected chi connectivity index (χ1v) is 9.89. The van der Waals surface area contributed by atoms with E-state index in [1.165, 1.54) is 0 Å². The Labute approximate surface area is 162 Å². The lowest BCUT2D eigenvalue weighted by molar-refractivity contribution is 0.412. The molecule has 1 atom stereocenters. The summed E-state index contributed by atoms with van der Waals surface area (Å²) in [4.78, 5) is 11.8. The molecule has 0 saturated carbocycles. The van der Waals surface area contributed by atoms with Gasteiger partial charge in [0, 0.05) is 42.6 Å². The first kappa shape index (κ1) is 19.4. The average molecular weight is 370 g/mol. The van der Waals surface area contributed by atoms with E-state index in [1.807, 2.05) is 25.1 Å². The van der Waals surface area contributed by atoms with Gasteiger partial charge in [-0.15, -0.1) is 0 Å². The Bertz CT molecular complexity index is 764. The maximum absolute atomic E-state index is 6.17. The summed E-state index contributed by atoms with van der Waals surface area (Å²) in [6.07, 6.45) is 5.41. The number of methoxy groups -OCH3 is 1. The molecule has 6 nitrogen and oxygen atoms in total. The Hall–Kier alpha value is -2.34. The molecule has 1 saturated heterocycles. The second-order valence-corrected chi connectivity index (χ2v) is 7.30. The highest BCUT2D eigenvalue weighted by atomic mass is 16.5. The molecule has 0 aliphatic carbocycles. The molecule has 1 aliphatic heterocycles. The van der Waals surface area contributed by atoms with Crippen molar-refractivity contribution in [1.82, 2.24) is 9.97 Å². The molecule has 2 aromatic rings. The van der Waals surface area contributed by atoms with E-state index in [0.29, 0.717) is 5.95 Å². The normalized spacial score (nSPS) is 17.0. The fraction of sp³-hybridized carbons (Fsp3) is 0.524. The number of nitrogens with zero attached hydrogens (tertiary/aromatic N) is 3. The molecular weight excluding hydrogens is 338 g/mol. The van der Waals surface area contributed by atoms with Crippen molar-refractivity contribution in [3.05, 3.63) is 35.5 Å². The quantitative estimate of drug-likeness (QED) is 0.773. The summed E-state index contributed by atoms with van der Waals surface area (Å²) in [6, 6.07) is 8.37. The van der Waals surface area contributed by atoms with Crippen LogP contribution in [0.4, 0.5) is 17.5 Å². The number of nitrogens with one attached hydrogen (secondary N) is 1. The zero-order valence-corrected chi connectivity index (χ0v) is 16.7. The Balaban J connectivity index is 1.87. The highest BCUT2D eigenvalue weighted by Crippen LogP contribution is 2.26. The lowest BCUT2D eigenvalue weighted by Gasteiger charge is -2.32. The van der Waals surface area contributed by atoms with Crippen LogP contribution in [0.25, 0.3) is 0 Å². The van der Waals surface area contributed by atoms with Gasteiger partial charge in [0.25, 0.3) is 0 Å². The predicted octanol–water partition coefficient (Wildman–Crippen LogP) is 3.81. The van der Waals surface area contributed by atoms with Crippen LogP contribution in [0.3, 0.4) is 0 Å². The van der Waals surface area contributed by atoms with E-state index >= 15 is 0 Å². The molecule has 6 heteroatoms. The summed E-state index contributed by atoms with van der Waals surface area (Å²) in [5, 5.41) is 3.35. The second kappa shape index (κ2) is 9.04. The number of benzene rings is 1. The second-order valence-electron chi connectivity index (χ2n) is 7.30. The summed E-state index contributed by atoms with van der Waals surface area (Å²) >= 11 is 0. The van der Waals surface area contributed by atoms with Gasteiger partial charge in [0.2, 0.25) is 5.95 Å². The van der Waals surface area contributed by atoms with Crippen molar-refractivity contribution >= 4 is 17.5 Å². The summed E-state index contributed by atoms with van der Waals surface area (Å²) in [5.41, 5.74) is 9.27. The number of anilines is 3. The van der Waals surface area contributed by atoms with Crippen molar-refractivity contribution in [1.29, 1.82) is 0 Å². The minimum atomic E-state index is 0.213. The molecule has 146 valence electrons. The van der Waals surface area contributed by atoms with Crippen LogP contribution in [-0.2, 0) is 6.42 Å². The van der Waals surface area contributed by atoms with Gasteiger partial charge in [-0.2, -0.15) is 4.98 Å². The molecule has 1 fully saturated rings. The minimum absolute atomic E-state index is 0.213. The fourth-order valence-corrected chi connectivity index (χ4v) is 3.43. The third-order valence-corrected chi connectivity index (χ3v) is 5.00. The monoisotopic (exact) mass is 369 g/mol. The van der Waals surface area contributed by atoms with Crippen LogP contribution in [0, 0.1) is 6.92 Å². The molecule has 0 unspecified atom stereocenters. The van der Waals surface area contributed by atoms with Crippen LogP contribution in [0.2, 0.25) is 0 Å². The van der Waals surface area contributed by atoms with Crippen LogP contribution in [-0.4, -0.2) is 36.2 Å². The zero-order chi connectivity index (χ0) is 19.2. The van der Waals surface area contributed by atoms with Gasteiger partial charge in [0.1, 0.15) is 11.6 Å². The Kier molecular flexibility index (Phi) is 6.50. The maximum atomic E-state index is 6.17. The summed E-state index contributed by atoms with van der Waals surface area (Å²) in [5.74, 6) is 2.45. The van der Waals surface area contributed by atoms with Gasteiger partial charge in [0.15, 0.2) is 0 Å². The zero-order valence-electron chi connectivity index (χ0n) is 16.7. The van der Waals surface area contributed by atoms with Crippen LogP contribution < -0.4 is 20.7 Å². The highest BCUT2D eigenvalue weighted by Gasteiger charge is 2.19. The van der Waals surface area contributed by atoms with E-state index in [-0.39, 0.29) is 6.04 Å². The van der Waals surface area contributed by atoms with Crippen LogP contribution in [0.15, 0.2) is 24.3 Å². The topological polar surface area (TPSA) is 76.3 Å². The lowest BCUT2D eigenvalue weighted by Crippen LogP contribution is -2.43. The Morgan fingerprint density at radius 1 is 1.30 bits per heavy atom. The SMILES string of the molecule is CCCCc1cc(N2CCC[C@@H](N)C2)nc(Nc2ccc(C)c(OC)c2)n1. The summed E-state index contributed by atoms with van der Waals surface area (Å²) in [6.45, 7) is 6.07. The molecular formula is C21H31N5O. The predicted molar refractivity (Wildman–Crippen MR) is 111 cm³/mol. The molecule has 2 heterocycles. The largest absolute Gasteiger partial charge is 0.496 e. The van der Waals surface area contributed by atoms with E-state index in [4.69, 9.17) is 20.4 Å². The van der Waals surface area contributed by atoms with Crippen molar-refractivity contribution < 1.29 is 4.74 Å². The standard InChI is InChI=1S/C21H31N5O/c1-4-5-8-17-13-20(26-11-6-7-16(22)14-26)25-21(23-17)24-18-10-9-15(2)19(12-18)27-3/h9-10,12-13,16H,4-8,11,14,22H2,1-3H3,(H,23,24,25)/t16-/m1/s1. The summed E-state index contributed by atoms with van der Waals surface area (Å²) < 4.78 is 5.43. The first-order chi connectivity index (χ1) is 13.1. The van der Waals surface area contributed by atoms with Crippen molar-refractivity contribution in [2.24, 2.45) is 5.73 Å². The molecule has 1 aliphatic rings. The van der Waals surface area contributed by atoms with Gasteiger partial charge in [-0.3, -0.25) is 0 Å². The number of piperidine rings is 1. The molecule has 1 aromatic heterocycles. The van der Waals surface area contributed by atoms with Gasteiger partial charge < -0.3 is 20.7 Å². The van der Waals surface area contributed by atoms with Crippen LogP contribution in [0.5, 0.6) is 5.75 Å². The number of rotatable bonds is 7. The first-order valence-electron chi connectivity index (χ1n) is 9.89. The van der Waals surface area contributed by atoms with Gasteiger partial charge in [0.05, 0.1) is 7.11 Å². The smallest absolute Gasteiger partial charge is 0.229 e.